The van der Waals surface area contributed by atoms with Crippen molar-refractivity contribution in [2.24, 2.45) is 0 Å². The highest BCUT2D eigenvalue weighted by molar-refractivity contribution is 7.90. The summed E-state index contributed by atoms with van der Waals surface area (Å²) in [7, 11) is -3.27. The van der Waals surface area contributed by atoms with Crippen LogP contribution in [0, 0.1) is 10.1 Å². The molecule has 1 N–H and O–H groups in total. The number of nitrogens with one attached hydrogen (secondary N) is 1. The molecule has 30 heavy (non-hydrogen) atoms. The molecule has 0 saturated heterocycles. The van der Waals surface area contributed by atoms with Gasteiger partial charge in [0.25, 0.3) is 11.6 Å². The van der Waals surface area contributed by atoms with Crippen LogP contribution >= 0.6 is 0 Å². The number of carbonyl (C=O) groups is 1. The maximum atomic E-state index is 12.0. The first-order valence-electron chi connectivity index (χ1n) is 8.55. The monoisotopic (exact) mass is 428 g/mol. The first-order chi connectivity index (χ1) is 14.2. The summed E-state index contributed by atoms with van der Waals surface area (Å²) in [4.78, 5) is 22.4. The molecule has 0 atom stereocenters. The number of amides is 1. The molecule has 1 heterocycles. The number of non-ortho nitro benzene ring substituents is 1. The second kappa shape index (κ2) is 8.66. The third-order valence-corrected chi connectivity index (χ3v) is 5.04. The van der Waals surface area contributed by atoms with Gasteiger partial charge in [-0.2, -0.15) is 0 Å². The zero-order valence-corrected chi connectivity index (χ0v) is 16.5. The Kier molecular flexibility index (Phi) is 6.02. The summed E-state index contributed by atoms with van der Waals surface area (Å²) in [5, 5.41) is 20.7. The molecule has 1 amide bonds. The van der Waals surface area contributed by atoms with Gasteiger partial charge in [-0.05, 0) is 29.3 Å². The van der Waals surface area contributed by atoms with Crippen LogP contribution in [-0.4, -0.2) is 35.7 Å². The predicted molar refractivity (Wildman–Crippen MR) is 107 cm³/mol. The number of sulfone groups is 1. The van der Waals surface area contributed by atoms with Crippen LogP contribution < -0.4 is 5.32 Å². The summed E-state index contributed by atoms with van der Waals surface area (Å²) in [5.41, 5.74) is 1.17. The maximum absolute atomic E-state index is 12.0. The van der Waals surface area contributed by atoms with Crippen molar-refractivity contribution in [1.82, 2.24) is 10.2 Å². The molecular weight excluding hydrogens is 412 g/mol. The average Bonchev–Trinajstić information content (AvgIpc) is 3.13. The van der Waals surface area contributed by atoms with Gasteiger partial charge < -0.3 is 4.42 Å². The average molecular weight is 428 g/mol. The zero-order chi connectivity index (χ0) is 21.7. The van der Waals surface area contributed by atoms with Crippen LogP contribution in [0.4, 0.5) is 11.7 Å². The van der Waals surface area contributed by atoms with E-state index in [2.05, 4.69) is 15.5 Å². The van der Waals surface area contributed by atoms with E-state index in [1.54, 1.807) is 18.2 Å². The molecule has 0 bridgehead atoms. The number of nitro groups is 1. The molecule has 0 aliphatic carbocycles. The number of rotatable bonds is 7. The standard InChI is InChI=1S/C19H16N4O6S/c1-30(27,28)16-8-5-14(6-9-16)12-18-21-22-19(29-18)20-17(24)10-7-13-3-2-4-15(11-13)23(25)26/h2-11H,12H2,1H3,(H,20,22,24)/b10-7+. The number of nitro benzene ring substituents is 1. The van der Waals surface area contributed by atoms with E-state index >= 15 is 0 Å². The van der Waals surface area contributed by atoms with Crippen molar-refractivity contribution in [3.05, 3.63) is 81.7 Å². The van der Waals surface area contributed by atoms with Crippen molar-refractivity contribution in [3.8, 4) is 0 Å². The fourth-order valence-corrected chi connectivity index (χ4v) is 3.10. The Morgan fingerprint density at radius 3 is 2.60 bits per heavy atom. The SMILES string of the molecule is CS(=O)(=O)c1ccc(Cc2nnc(NC(=O)/C=C/c3cccc([N+](=O)[O-])c3)o2)cc1. The second-order valence-corrected chi connectivity index (χ2v) is 8.28. The Labute approximate surface area is 171 Å². The molecule has 3 rings (SSSR count). The minimum atomic E-state index is -3.27. The van der Waals surface area contributed by atoms with Crippen molar-refractivity contribution in [1.29, 1.82) is 0 Å². The predicted octanol–water partition coefficient (Wildman–Crippen LogP) is 2.62. The minimum absolute atomic E-state index is 0.0799. The van der Waals surface area contributed by atoms with Crippen molar-refractivity contribution in [3.63, 3.8) is 0 Å². The van der Waals surface area contributed by atoms with E-state index < -0.39 is 20.7 Å². The van der Waals surface area contributed by atoms with Crippen LogP contribution in [-0.2, 0) is 21.1 Å². The Balaban J connectivity index is 1.60. The number of anilines is 1. The summed E-state index contributed by atoms with van der Waals surface area (Å²) in [6.07, 6.45) is 3.99. The van der Waals surface area contributed by atoms with E-state index in [1.807, 2.05) is 0 Å². The van der Waals surface area contributed by atoms with E-state index in [-0.39, 0.29) is 28.9 Å². The third kappa shape index (κ3) is 5.58. The van der Waals surface area contributed by atoms with E-state index in [0.29, 0.717) is 5.56 Å². The lowest BCUT2D eigenvalue weighted by Crippen LogP contribution is -2.07. The summed E-state index contributed by atoms with van der Waals surface area (Å²) in [6.45, 7) is 0. The molecule has 0 aliphatic rings. The fraction of sp³-hybridized carbons (Fsp3) is 0.105. The van der Waals surface area contributed by atoms with E-state index in [0.717, 1.165) is 11.8 Å². The summed E-state index contributed by atoms with van der Waals surface area (Å²) in [6, 6.07) is 12.0. The number of benzene rings is 2. The number of carbonyl (C=O) groups excluding carboxylic acids is 1. The number of hydrogen-bond acceptors (Lipinski definition) is 8. The molecular formula is C19H16N4O6S. The minimum Gasteiger partial charge on any atom is -0.407 e. The molecule has 1 aromatic heterocycles. The molecule has 0 radical (unpaired) electrons. The van der Waals surface area contributed by atoms with Crippen LogP contribution in [0.2, 0.25) is 0 Å². The van der Waals surface area contributed by atoms with E-state index in [9.17, 15) is 23.3 Å². The van der Waals surface area contributed by atoms with Crippen molar-refractivity contribution in [2.45, 2.75) is 11.3 Å². The highest BCUT2D eigenvalue weighted by Crippen LogP contribution is 2.16. The Morgan fingerprint density at radius 2 is 1.93 bits per heavy atom. The molecule has 0 aliphatic heterocycles. The summed E-state index contributed by atoms with van der Waals surface area (Å²) >= 11 is 0. The van der Waals surface area contributed by atoms with Gasteiger partial charge in [-0.25, -0.2) is 8.42 Å². The molecule has 0 saturated carbocycles. The van der Waals surface area contributed by atoms with Gasteiger partial charge in [0.1, 0.15) is 0 Å². The third-order valence-electron chi connectivity index (χ3n) is 3.91. The van der Waals surface area contributed by atoms with Gasteiger partial charge >= 0.3 is 6.01 Å². The number of hydrogen-bond donors (Lipinski definition) is 1. The van der Waals surface area contributed by atoms with Gasteiger partial charge in [-0.3, -0.25) is 20.2 Å². The van der Waals surface area contributed by atoms with Crippen LogP contribution in [0.5, 0.6) is 0 Å². The normalized spacial score (nSPS) is 11.5. The summed E-state index contributed by atoms with van der Waals surface area (Å²) in [5.74, 6) is -0.311. The van der Waals surface area contributed by atoms with Crippen LogP contribution in [0.1, 0.15) is 17.0 Å². The van der Waals surface area contributed by atoms with E-state index in [1.165, 1.54) is 42.5 Å². The lowest BCUT2D eigenvalue weighted by Gasteiger charge is -2.00. The Bertz CT molecular complexity index is 1220. The van der Waals surface area contributed by atoms with Gasteiger partial charge in [0.05, 0.1) is 16.2 Å². The van der Waals surface area contributed by atoms with E-state index in [4.69, 9.17) is 4.42 Å². The van der Waals surface area contributed by atoms with Gasteiger partial charge in [0.2, 0.25) is 5.89 Å². The smallest absolute Gasteiger partial charge is 0.322 e. The second-order valence-electron chi connectivity index (χ2n) is 6.27. The highest BCUT2D eigenvalue weighted by atomic mass is 32.2. The van der Waals surface area contributed by atoms with Gasteiger partial charge in [0, 0.05) is 24.5 Å². The van der Waals surface area contributed by atoms with Crippen LogP contribution in [0.3, 0.4) is 0 Å². The molecule has 2 aromatic carbocycles. The molecule has 10 nitrogen and oxygen atoms in total. The van der Waals surface area contributed by atoms with Crippen LogP contribution in [0.25, 0.3) is 6.08 Å². The lowest BCUT2D eigenvalue weighted by atomic mass is 10.1. The largest absolute Gasteiger partial charge is 0.407 e. The highest BCUT2D eigenvalue weighted by Gasteiger charge is 2.11. The quantitative estimate of drug-likeness (QED) is 0.343. The van der Waals surface area contributed by atoms with Gasteiger partial charge in [0.15, 0.2) is 9.84 Å². The van der Waals surface area contributed by atoms with Gasteiger partial charge in [-0.1, -0.05) is 29.4 Å². The summed E-state index contributed by atoms with van der Waals surface area (Å²) < 4.78 is 28.3. The lowest BCUT2D eigenvalue weighted by molar-refractivity contribution is -0.384. The first-order valence-corrected chi connectivity index (χ1v) is 10.4. The zero-order valence-electron chi connectivity index (χ0n) is 15.7. The molecule has 0 unspecified atom stereocenters. The number of aromatic nitrogens is 2. The fourth-order valence-electron chi connectivity index (χ4n) is 2.47. The van der Waals surface area contributed by atoms with Crippen molar-refractivity contribution >= 4 is 33.5 Å². The number of nitrogens with zero attached hydrogens (tertiary/aromatic N) is 3. The topological polar surface area (TPSA) is 145 Å². The molecule has 154 valence electrons. The van der Waals surface area contributed by atoms with Crippen LogP contribution in [0.15, 0.2) is 63.9 Å². The molecule has 0 spiro atoms. The first kappa shape index (κ1) is 20.9. The van der Waals surface area contributed by atoms with Crippen molar-refractivity contribution < 1.29 is 22.6 Å². The Morgan fingerprint density at radius 1 is 1.20 bits per heavy atom. The molecule has 11 heteroatoms. The molecule has 0 fully saturated rings. The maximum Gasteiger partial charge on any atom is 0.322 e. The Hall–Kier alpha value is -3.86. The van der Waals surface area contributed by atoms with Gasteiger partial charge in [-0.15, -0.1) is 5.10 Å². The van der Waals surface area contributed by atoms with Crippen molar-refractivity contribution in [2.75, 3.05) is 11.6 Å². The molecule has 3 aromatic rings.